The molecule has 1 aliphatic rings. The van der Waals surface area contributed by atoms with E-state index in [4.69, 9.17) is 11.6 Å². The highest BCUT2D eigenvalue weighted by Crippen LogP contribution is 2.27. The lowest BCUT2D eigenvalue weighted by atomic mass is 10.2. The summed E-state index contributed by atoms with van der Waals surface area (Å²) in [5, 5.41) is 0.0525. The van der Waals surface area contributed by atoms with Crippen molar-refractivity contribution in [3.8, 4) is 0 Å². The smallest absolute Gasteiger partial charge is 0.244 e. The van der Waals surface area contributed by atoms with Gasteiger partial charge in [0, 0.05) is 37.4 Å². The number of carbonyl (C=O) groups is 1. The molecule has 0 saturated carbocycles. The zero-order valence-electron chi connectivity index (χ0n) is 12.6. The minimum absolute atomic E-state index is 0.0434. The summed E-state index contributed by atoms with van der Waals surface area (Å²) >= 11 is 5.69. The Hall–Kier alpha value is -2.05. The molecule has 1 amide bonds. The Morgan fingerprint density at radius 2 is 2.26 bits per heavy atom. The zero-order chi connectivity index (χ0) is 16.4. The van der Waals surface area contributed by atoms with Gasteiger partial charge in [0.15, 0.2) is 0 Å². The summed E-state index contributed by atoms with van der Waals surface area (Å²) in [7, 11) is 1.88. The third-order valence-corrected chi connectivity index (χ3v) is 4.26. The highest BCUT2D eigenvalue weighted by atomic mass is 35.5. The van der Waals surface area contributed by atoms with Crippen molar-refractivity contribution in [3.63, 3.8) is 0 Å². The van der Waals surface area contributed by atoms with Crippen LogP contribution in [-0.2, 0) is 11.3 Å². The number of halogens is 2. The maximum absolute atomic E-state index is 13.6. The molecule has 2 aromatic rings. The molecule has 3 rings (SSSR count). The van der Waals surface area contributed by atoms with E-state index in [1.807, 2.05) is 11.9 Å². The van der Waals surface area contributed by atoms with Gasteiger partial charge in [-0.15, -0.1) is 0 Å². The average molecular weight is 335 g/mol. The molecule has 1 aromatic carbocycles. The van der Waals surface area contributed by atoms with Crippen LogP contribution in [0, 0.1) is 5.82 Å². The van der Waals surface area contributed by atoms with Crippen molar-refractivity contribution in [2.24, 2.45) is 0 Å². The van der Waals surface area contributed by atoms with Crippen LogP contribution in [0.5, 0.6) is 0 Å². The predicted octanol–water partition coefficient (Wildman–Crippen LogP) is 2.51. The van der Waals surface area contributed by atoms with Gasteiger partial charge in [0.1, 0.15) is 5.82 Å². The Bertz CT molecular complexity index is 712. The van der Waals surface area contributed by atoms with Gasteiger partial charge in [-0.25, -0.2) is 4.39 Å². The lowest BCUT2D eigenvalue weighted by molar-refractivity contribution is -0.121. The Balaban J connectivity index is 1.72. The second kappa shape index (κ2) is 6.60. The highest BCUT2D eigenvalue weighted by molar-refractivity contribution is 6.30. The largest absolute Gasteiger partial charge is 0.311 e. The van der Waals surface area contributed by atoms with Gasteiger partial charge in [-0.05, 0) is 31.7 Å². The van der Waals surface area contributed by atoms with Crippen LogP contribution >= 0.6 is 11.6 Å². The third kappa shape index (κ3) is 3.33. The molecule has 2 heterocycles. The van der Waals surface area contributed by atoms with Gasteiger partial charge in [-0.1, -0.05) is 11.6 Å². The number of aromatic nitrogens is 2. The average Bonchev–Trinajstić information content (AvgIpc) is 2.93. The molecule has 0 aliphatic carbocycles. The molecule has 0 radical (unpaired) electrons. The molecule has 1 aromatic heterocycles. The number of carbonyl (C=O) groups excluding carboxylic acids is 1. The fourth-order valence-electron chi connectivity index (χ4n) is 2.76. The van der Waals surface area contributed by atoms with Gasteiger partial charge in [-0.3, -0.25) is 19.7 Å². The van der Waals surface area contributed by atoms with Crippen molar-refractivity contribution in [2.45, 2.75) is 19.0 Å². The molecule has 0 N–H and O–H groups in total. The first-order valence-corrected chi connectivity index (χ1v) is 7.65. The molecule has 23 heavy (non-hydrogen) atoms. The molecule has 1 aliphatic heterocycles. The highest BCUT2D eigenvalue weighted by Gasteiger charge is 2.35. The molecular formula is C16H16ClFN4O. The standard InChI is InChI=1S/C16H16ClFN4O/c1-21(10-11-9-19-5-6-20-11)15-4-7-22(16(15)23)12-2-3-13(17)14(18)8-12/h2-3,5-6,8-9,15H,4,7,10H2,1H3/t15-/m1/s1. The SMILES string of the molecule is CN(Cc1cnccn1)[C@@H]1CCN(c2ccc(Cl)c(F)c2)C1=O. The van der Waals surface area contributed by atoms with E-state index in [1.165, 1.54) is 12.1 Å². The van der Waals surface area contributed by atoms with E-state index in [0.717, 1.165) is 5.69 Å². The topological polar surface area (TPSA) is 49.3 Å². The number of rotatable bonds is 4. The number of benzene rings is 1. The Morgan fingerprint density at radius 1 is 1.43 bits per heavy atom. The molecule has 1 saturated heterocycles. The van der Waals surface area contributed by atoms with Crippen molar-refractivity contribution in [2.75, 3.05) is 18.5 Å². The van der Waals surface area contributed by atoms with Gasteiger partial charge in [0.2, 0.25) is 5.91 Å². The minimum atomic E-state index is -0.520. The van der Waals surface area contributed by atoms with Crippen molar-refractivity contribution in [3.05, 3.63) is 53.3 Å². The summed E-state index contributed by atoms with van der Waals surface area (Å²) < 4.78 is 13.6. The number of hydrogen-bond donors (Lipinski definition) is 0. The van der Waals surface area contributed by atoms with Crippen molar-refractivity contribution in [1.29, 1.82) is 0 Å². The van der Waals surface area contributed by atoms with Gasteiger partial charge in [-0.2, -0.15) is 0 Å². The van der Waals surface area contributed by atoms with E-state index < -0.39 is 5.82 Å². The monoisotopic (exact) mass is 334 g/mol. The van der Waals surface area contributed by atoms with Crippen LogP contribution in [0.2, 0.25) is 5.02 Å². The van der Waals surface area contributed by atoms with Gasteiger partial charge >= 0.3 is 0 Å². The minimum Gasteiger partial charge on any atom is -0.311 e. The number of hydrogen-bond acceptors (Lipinski definition) is 4. The molecule has 7 heteroatoms. The molecule has 0 unspecified atom stereocenters. The first-order valence-electron chi connectivity index (χ1n) is 7.28. The van der Waals surface area contributed by atoms with Crippen LogP contribution in [0.3, 0.4) is 0 Å². The van der Waals surface area contributed by atoms with E-state index >= 15 is 0 Å². The van der Waals surface area contributed by atoms with Crippen molar-refractivity contribution < 1.29 is 9.18 Å². The second-order valence-corrected chi connectivity index (χ2v) is 5.91. The maximum Gasteiger partial charge on any atom is 0.244 e. The summed E-state index contributed by atoms with van der Waals surface area (Å²) in [6.07, 6.45) is 5.60. The second-order valence-electron chi connectivity index (χ2n) is 5.50. The zero-order valence-corrected chi connectivity index (χ0v) is 13.4. The lowest BCUT2D eigenvalue weighted by Gasteiger charge is -2.23. The molecule has 1 atom stereocenters. The fraction of sp³-hybridized carbons (Fsp3) is 0.312. The van der Waals surface area contributed by atoms with Gasteiger partial charge in [0.05, 0.1) is 16.8 Å². The quantitative estimate of drug-likeness (QED) is 0.862. The van der Waals surface area contributed by atoms with E-state index in [1.54, 1.807) is 29.6 Å². The van der Waals surface area contributed by atoms with E-state index in [9.17, 15) is 9.18 Å². The lowest BCUT2D eigenvalue weighted by Crippen LogP contribution is -2.39. The van der Waals surface area contributed by atoms with Crippen LogP contribution in [-0.4, -0.2) is 40.4 Å². The molecule has 0 spiro atoms. The molecule has 5 nitrogen and oxygen atoms in total. The summed E-state index contributed by atoms with van der Waals surface area (Å²) in [6.45, 7) is 1.09. The van der Waals surface area contributed by atoms with E-state index in [-0.39, 0.29) is 17.0 Å². The normalized spacial score (nSPS) is 18.0. The van der Waals surface area contributed by atoms with Crippen molar-refractivity contribution >= 4 is 23.2 Å². The van der Waals surface area contributed by atoms with Crippen molar-refractivity contribution in [1.82, 2.24) is 14.9 Å². The molecular weight excluding hydrogens is 319 g/mol. The molecule has 0 bridgehead atoms. The van der Waals surface area contributed by atoms with Crippen LogP contribution in [0.25, 0.3) is 0 Å². The Kier molecular flexibility index (Phi) is 4.54. The van der Waals surface area contributed by atoms with Crippen LogP contribution < -0.4 is 4.90 Å². The van der Waals surface area contributed by atoms with E-state index in [2.05, 4.69) is 9.97 Å². The number of likely N-dealkylation sites (N-methyl/N-ethyl adjacent to an activating group) is 1. The van der Waals surface area contributed by atoms with Crippen LogP contribution in [0.15, 0.2) is 36.8 Å². The van der Waals surface area contributed by atoms with E-state index in [0.29, 0.717) is 25.2 Å². The molecule has 120 valence electrons. The predicted molar refractivity (Wildman–Crippen MR) is 85.7 cm³/mol. The van der Waals surface area contributed by atoms with Gasteiger partial charge in [0.25, 0.3) is 0 Å². The summed E-state index contributed by atoms with van der Waals surface area (Å²) in [5.41, 5.74) is 1.34. The Morgan fingerprint density at radius 3 is 2.96 bits per heavy atom. The first-order chi connectivity index (χ1) is 11.1. The number of anilines is 1. The summed E-state index contributed by atoms with van der Waals surface area (Å²) in [5.74, 6) is -0.563. The van der Waals surface area contributed by atoms with Crippen LogP contribution in [0.4, 0.5) is 10.1 Å². The Labute approximate surface area is 138 Å². The first kappa shape index (κ1) is 15.8. The number of amides is 1. The molecule has 1 fully saturated rings. The summed E-state index contributed by atoms with van der Waals surface area (Å²) in [6, 6.07) is 4.17. The van der Waals surface area contributed by atoms with Crippen LogP contribution in [0.1, 0.15) is 12.1 Å². The summed E-state index contributed by atoms with van der Waals surface area (Å²) in [4.78, 5) is 24.4. The fourth-order valence-corrected chi connectivity index (χ4v) is 2.88. The maximum atomic E-state index is 13.6. The number of nitrogens with zero attached hydrogens (tertiary/aromatic N) is 4. The third-order valence-electron chi connectivity index (χ3n) is 3.95. The van der Waals surface area contributed by atoms with Gasteiger partial charge < -0.3 is 4.90 Å².